The van der Waals surface area contributed by atoms with Gasteiger partial charge >= 0.3 is 0 Å². The molecule has 22 heavy (non-hydrogen) atoms. The summed E-state index contributed by atoms with van der Waals surface area (Å²) in [6.07, 6.45) is 5.11. The summed E-state index contributed by atoms with van der Waals surface area (Å²) in [7, 11) is 0. The number of amides is 1. The Labute approximate surface area is 130 Å². The van der Waals surface area contributed by atoms with E-state index in [0.717, 1.165) is 37.1 Å². The van der Waals surface area contributed by atoms with Gasteiger partial charge < -0.3 is 4.90 Å². The fourth-order valence-electron chi connectivity index (χ4n) is 2.90. The number of nitrogens with one attached hydrogen (secondary N) is 1. The van der Waals surface area contributed by atoms with Gasteiger partial charge in [0.05, 0.1) is 11.2 Å². The summed E-state index contributed by atoms with van der Waals surface area (Å²) in [5.74, 6) is 0.357. The molecule has 0 saturated carbocycles. The smallest absolute Gasteiger partial charge is 0.273 e. The molecule has 4 rings (SSSR count). The highest BCUT2D eigenvalue weighted by atomic mass is 32.1. The summed E-state index contributed by atoms with van der Waals surface area (Å²) in [4.78, 5) is 26.8. The van der Waals surface area contributed by atoms with Crippen LogP contribution in [0.15, 0.2) is 23.3 Å². The monoisotopic (exact) mass is 314 g/mol. The van der Waals surface area contributed by atoms with Crippen molar-refractivity contribution >= 4 is 28.4 Å². The first kappa shape index (κ1) is 13.3. The molecule has 0 unspecified atom stereocenters. The SMILES string of the molecule is O=C(c1cscn1)N1CCC(c2[nH]nc3nccnc23)CC1. The van der Waals surface area contributed by atoms with Crippen LogP contribution < -0.4 is 0 Å². The molecule has 0 aromatic carbocycles. The number of aromatic amines is 1. The third-order valence-corrected chi connectivity index (χ3v) is 4.64. The molecule has 3 aromatic rings. The second-order valence-electron chi connectivity index (χ2n) is 5.31. The van der Waals surface area contributed by atoms with Crippen molar-refractivity contribution < 1.29 is 4.79 Å². The standard InChI is InChI=1S/C14H14N6OS/c21-14(10-7-22-8-17-10)20-5-1-9(2-6-20)11-12-13(19-18-11)16-4-3-15-12/h3-4,7-9H,1-2,5-6H2,(H,16,18,19). The van der Waals surface area contributed by atoms with Crippen LogP contribution in [0.2, 0.25) is 0 Å². The Morgan fingerprint density at radius 1 is 1.23 bits per heavy atom. The highest BCUT2D eigenvalue weighted by molar-refractivity contribution is 7.07. The van der Waals surface area contributed by atoms with E-state index in [1.165, 1.54) is 11.3 Å². The van der Waals surface area contributed by atoms with Crippen LogP contribution in [0.4, 0.5) is 0 Å². The topological polar surface area (TPSA) is 87.7 Å². The zero-order valence-corrected chi connectivity index (χ0v) is 12.6. The molecule has 0 spiro atoms. The van der Waals surface area contributed by atoms with Crippen LogP contribution in [-0.4, -0.2) is 49.0 Å². The summed E-state index contributed by atoms with van der Waals surface area (Å²) < 4.78 is 0. The highest BCUT2D eigenvalue weighted by Crippen LogP contribution is 2.30. The molecule has 0 radical (unpaired) electrons. The van der Waals surface area contributed by atoms with Crippen LogP contribution in [0.1, 0.15) is 34.9 Å². The first-order chi connectivity index (χ1) is 10.8. The lowest BCUT2D eigenvalue weighted by Gasteiger charge is -2.31. The maximum atomic E-state index is 12.3. The van der Waals surface area contributed by atoms with Gasteiger partial charge in [-0.2, -0.15) is 5.10 Å². The largest absolute Gasteiger partial charge is 0.337 e. The van der Waals surface area contributed by atoms with Crippen LogP contribution in [0.3, 0.4) is 0 Å². The van der Waals surface area contributed by atoms with Crippen molar-refractivity contribution in [1.29, 1.82) is 0 Å². The van der Waals surface area contributed by atoms with Gasteiger partial charge in [-0.3, -0.25) is 9.89 Å². The molecule has 1 aliphatic heterocycles. The van der Waals surface area contributed by atoms with E-state index in [4.69, 9.17) is 0 Å². The zero-order chi connectivity index (χ0) is 14.9. The number of hydrogen-bond donors (Lipinski definition) is 1. The summed E-state index contributed by atoms with van der Waals surface area (Å²) in [5, 5.41) is 9.06. The minimum atomic E-state index is 0.0222. The number of fused-ring (bicyclic) bond motifs is 1. The Morgan fingerprint density at radius 3 is 2.82 bits per heavy atom. The number of rotatable bonds is 2. The number of aromatic nitrogens is 5. The maximum Gasteiger partial charge on any atom is 0.273 e. The van der Waals surface area contributed by atoms with E-state index in [-0.39, 0.29) is 5.91 Å². The minimum Gasteiger partial charge on any atom is -0.337 e. The third-order valence-electron chi connectivity index (χ3n) is 4.06. The Morgan fingerprint density at radius 2 is 2.05 bits per heavy atom. The second kappa shape index (κ2) is 5.45. The molecule has 8 heteroatoms. The number of H-pyrrole nitrogens is 1. The number of nitrogens with zero attached hydrogens (tertiary/aromatic N) is 5. The average molecular weight is 314 g/mol. The molecule has 1 fully saturated rings. The lowest BCUT2D eigenvalue weighted by molar-refractivity contribution is 0.0707. The highest BCUT2D eigenvalue weighted by Gasteiger charge is 2.27. The van der Waals surface area contributed by atoms with Crippen LogP contribution in [0.5, 0.6) is 0 Å². The molecule has 1 saturated heterocycles. The van der Waals surface area contributed by atoms with Crippen molar-refractivity contribution in [2.24, 2.45) is 0 Å². The van der Waals surface area contributed by atoms with Crippen LogP contribution in [-0.2, 0) is 0 Å². The van der Waals surface area contributed by atoms with Crippen molar-refractivity contribution in [2.75, 3.05) is 13.1 Å². The number of carbonyl (C=O) groups excluding carboxylic acids is 1. The number of hydrogen-bond acceptors (Lipinski definition) is 6. The number of piperidine rings is 1. The lowest BCUT2D eigenvalue weighted by Crippen LogP contribution is -2.38. The fourth-order valence-corrected chi connectivity index (χ4v) is 3.43. The Balaban J connectivity index is 1.49. The summed E-state index contributed by atoms with van der Waals surface area (Å²) in [6, 6.07) is 0. The van der Waals surface area contributed by atoms with Gasteiger partial charge in [-0.25, -0.2) is 15.0 Å². The van der Waals surface area contributed by atoms with Gasteiger partial charge in [-0.05, 0) is 12.8 Å². The van der Waals surface area contributed by atoms with Crippen LogP contribution in [0.25, 0.3) is 11.2 Å². The number of carbonyl (C=O) groups is 1. The average Bonchev–Trinajstić information content (AvgIpc) is 3.24. The Kier molecular flexibility index (Phi) is 3.30. The normalized spacial score (nSPS) is 16.3. The number of thiazole rings is 1. The maximum absolute atomic E-state index is 12.3. The van der Waals surface area contributed by atoms with Gasteiger partial charge in [0.1, 0.15) is 11.2 Å². The molecule has 4 heterocycles. The summed E-state index contributed by atoms with van der Waals surface area (Å²) in [6.45, 7) is 1.45. The Hall–Kier alpha value is -2.35. The van der Waals surface area contributed by atoms with Gasteiger partial charge in [0.25, 0.3) is 5.91 Å². The fraction of sp³-hybridized carbons (Fsp3) is 0.357. The van der Waals surface area contributed by atoms with Crippen LogP contribution in [0, 0.1) is 0 Å². The third kappa shape index (κ3) is 2.25. The lowest BCUT2D eigenvalue weighted by atomic mass is 9.93. The predicted octanol–water partition coefficient (Wildman–Crippen LogP) is 1.83. The van der Waals surface area contributed by atoms with E-state index < -0.39 is 0 Å². The molecule has 0 bridgehead atoms. The molecule has 0 aliphatic carbocycles. The van der Waals surface area contributed by atoms with Gasteiger partial charge in [0.15, 0.2) is 5.65 Å². The van der Waals surface area contributed by atoms with E-state index in [1.807, 2.05) is 4.90 Å². The van der Waals surface area contributed by atoms with E-state index in [9.17, 15) is 4.79 Å². The van der Waals surface area contributed by atoms with Crippen molar-refractivity contribution in [3.05, 3.63) is 34.7 Å². The van der Waals surface area contributed by atoms with Gasteiger partial charge in [-0.1, -0.05) is 0 Å². The molecular weight excluding hydrogens is 300 g/mol. The zero-order valence-electron chi connectivity index (χ0n) is 11.8. The first-order valence-electron chi connectivity index (χ1n) is 7.15. The van der Waals surface area contributed by atoms with Gasteiger partial charge in [-0.15, -0.1) is 11.3 Å². The van der Waals surface area contributed by atoms with Crippen molar-refractivity contribution in [2.45, 2.75) is 18.8 Å². The molecule has 112 valence electrons. The van der Waals surface area contributed by atoms with Crippen molar-refractivity contribution in [1.82, 2.24) is 30.0 Å². The molecule has 0 atom stereocenters. The molecule has 7 nitrogen and oxygen atoms in total. The van der Waals surface area contributed by atoms with E-state index in [1.54, 1.807) is 23.3 Å². The van der Waals surface area contributed by atoms with Gasteiger partial charge in [0.2, 0.25) is 0 Å². The van der Waals surface area contributed by atoms with E-state index in [2.05, 4.69) is 25.1 Å². The molecule has 3 aromatic heterocycles. The molecule has 1 aliphatic rings. The van der Waals surface area contributed by atoms with Gasteiger partial charge in [0, 0.05) is 36.8 Å². The number of likely N-dealkylation sites (tertiary alicyclic amines) is 1. The Bertz CT molecular complexity index is 791. The second-order valence-corrected chi connectivity index (χ2v) is 6.02. The van der Waals surface area contributed by atoms with Crippen LogP contribution >= 0.6 is 11.3 Å². The predicted molar refractivity (Wildman–Crippen MR) is 81.7 cm³/mol. The summed E-state index contributed by atoms with van der Waals surface area (Å²) >= 11 is 1.44. The first-order valence-corrected chi connectivity index (χ1v) is 8.09. The van der Waals surface area contributed by atoms with Crippen molar-refractivity contribution in [3.63, 3.8) is 0 Å². The molecular formula is C14H14N6OS. The molecule has 1 amide bonds. The van der Waals surface area contributed by atoms with Crippen molar-refractivity contribution in [3.8, 4) is 0 Å². The molecule has 1 N–H and O–H groups in total. The summed E-state index contributed by atoms with van der Waals surface area (Å²) in [5.41, 5.74) is 4.76. The quantitative estimate of drug-likeness (QED) is 0.779. The van der Waals surface area contributed by atoms with E-state index in [0.29, 0.717) is 17.3 Å². The van der Waals surface area contributed by atoms with E-state index >= 15 is 0 Å². The minimum absolute atomic E-state index is 0.0222.